The first-order chi connectivity index (χ1) is 16.7. The zero-order valence-corrected chi connectivity index (χ0v) is 19.8. The highest BCUT2D eigenvalue weighted by molar-refractivity contribution is 5.90. The monoisotopic (exact) mass is 492 g/mol. The van der Waals surface area contributed by atoms with Gasteiger partial charge in [0.1, 0.15) is 5.82 Å². The maximum atomic E-state index is 13.9. The first kappa shape index (κ1) is 23.2. The molecule has 1 aromatic heterocycles. The Morgan fingerprint density at radius 1 is 1.23 bits per heavy atom. The summed E-state index contributed by atoms with van der Waals surface area (Å²) in [6, 6.07) is 2.53. The van der Waals surface area contributed by atoms with Crippen molar-refractivity contribution in [3.8, 4) is 0 Å². The minimum absolute atomic E-state index is 0.0498. The summed E-state index contributed by atoms with van der Waals surface area (Å²) in [4.78, 5) is 21.8. The van der Waals surface area contributed by atoms with Crippen LogP contribution >= 0.6 is 0 Å². The molecule has 4 fully saturated rings. The Hall–Kier alpha value is -2.17. The molecule has 5 aliphatic rings. The number of nitrogens with zero attached hydrogens (tertiary/aromatic N) is 3. The zero-order chi connectivity index (χ0) is 24.4. The van der Waals surface area contributed by atoms with E-state index in [2.05, 4.69) is 29.4 Å². The largest absolute Gasteiger partial charge is 0.416 e. The van der Waals surface area contributed by atoms with E-state index in [-0.39, 0.29) is 23.7 Å². The maximum Gasteiger partial charge on any atom is 0.416 e. The van der Waals surface area contributed by atoms with E-state index in [1.54, 1.807) is 0 Å². The van der Waals surface area contributed by atoms with Gasteiger partial charge in [-0.3, -0.25) is 4.79 Å². The number of fused-ring (bicyclic) bond motifs is 1. The van der Waals surface area contributed by atoms with Crippen molar-refractivity contribution in [2.75, 3.05) is 44.4 Å². The molecular weight excluding hydrogens is 461 g/mol. The van der Waals surface area contributed by atoms with E-state index in [9.17, 15) is 18.0 Å². The van der Waals surface area contributed by atoms with E-state index in [0.29, 0.717) is 44.6 Å². The topological polar surface area (TPSA) is 66.9 Å². The number of amides is 1. The van der Waals surface area contributed by atoms with Crippen molar-refractivity contribution >= 4 is 11.7 Å². The second-order valence-corrected chi connectivity index (χ2v) is 10.6. The Morgan fingerprint density at radius 3 is 2.89 bits per heavy atom. The van der Waals surface area contributed by atoms with Crippen molar-refractivity contribution in [1.29, 1.82) is 0 Å². The lowest BCUT2D eigenvalue weighted by Crippen LogP contribution is -2.62. The van der Waals surface area contributed by atoms with Crippen LogP contribution in [-0.2, 0) is 20.4 Å². The molecule has 0 bridgehead atoms. The highest BCUT2D eigenvalue weighted by Gasteiger charge is 2.70. The van der Waals surface area contributed by atoms with Crippen LogP contribution in [0.5, 0.6) is 0 Å². The van der Waals surface area contributed by atoms with Gasteiger partial charge in [-0.1, -0.05) is 19.1 Å². The minimum Gasteiger partial charge on any atom is -0.381 e. The van der Waals surface area contributed by atoms with Crippen molar-refractivity contribution in [2.45, 2.75) is 50.2 Å². The lowest BCUT2D eigenvalue weighted by molar-refractivity contribution is -0.155. The van der Waals surface area contributed by atoms with E-state index in [0.717, 1.165) is 38.2 Å². The molecular formula is C25H31F3N4O3. The van der Waals surface area contributed by atoms with E-state index in [1.807, 2.05) is 9.80 Å². The summed E-state index contributed by atoms with van der Waals surface area (Å²) >= 11 is 0. The van der Waals surface area contributed by atoms with E-state index in [4.69, 9.17) is 9.47 Å². The molecule has 1 N–H and O–H groups in total. The summed E-state index contributed by atoms with van der Waals surface area (Å²) < 4.78 is 51.8. The number of hydrogen-bond acceptors (Lipinski definition) is 6. The van der Waals surface area contributed by atoms with Gasteiger partial charge in [0.25, 0.3) is 0 Å². The smallest absolute Gasteiger partial charge is 0.381 e. The Kier molecular flexibility index (Phi) is 5.43. The first-order valence-electron chi connectivity index (χ1n) is 12.5. The number of aromatic nitrogens is 1. The molecule has 35 heavy (non-hydrogen) atoms. The molecule has 1 amide bonds. The number of anilines is 1. The number of ether oxygens (including phenoxy) is 2. The molecule has 2 spiro atoms. The number of nitrogens with one attached hydrogen (secondary N) is 1. The zero-order valence-electron chi connectivity index (χ0n) is 19.8. The number of carbonyl (C=O) groups is 1. The molecule has 0 saturated carbocycles. The average molecular weight is 493 g/mol. The second-order valence-electron chi connectivity index (χ2n) is 10.6. The fourth-order valence-electron chi connectivity index (χ4n) is 6.97. The van der Waals surface area contributed by atoms with Crippen molar-refractivity contribution in [1.82, 2.24) is 15.2 Å². The first-order valence-corrected chi connectivity index (χ1v) is 12.5. The van der Waals surface area contributed by atoms with Crippen molar-refractivity contribution < 1.29 is 27.4 Å². The average Bonchev–Trinajstić information content (AvgIpc) is 3.49. The van der Waals surface area contributed by atoms with Gasteiger partial charge in [-0.25, -0.2) is 4.98 Å². The molecule has 4 saturated heterocycles. The van der Waals surface area contributed by atoms with Crippen LogP contribution in [0.4, 0.5) is 19.0 Å². The van der Waals surface area contributed by atoms with Gasteiger partial charge in [0, 0.05) is 43.9 Å². The molecule has 6 rings (SSSR count). The molecule has 10 heteroatoms. The van der Waals surface area contributed by atoms with E-state index >= 15 is 0 Å². The standard InChI is InChI=1S/C25H31F3N4O3/c1-16-14-34-10-4-19(16)30-18-2-6-23(13-18)20-5-11-35-24(20)15-31(8-9-32(24)22(23)33)21-12-17(3-7-29-21)25(26,27)28/h2-3,6-7,12,16,18-20,30H,4-5,8-11,13-15H2,1H3/t16?,18-,19?,20?,23+,24?/m1/s1. The van der Waals surface area contributed by atoms with E-state index < -0.39 is 22.9 Å². The Balaban J connectivity index is 1.24. The number of alkyl halides is 3. The highest BCUT2D eigenvalue weighted by Crippen LogP contribution is 2.59. The molecule has 0 radical (unpaired) electrons. The minimum atomic E-state index is -4.43. The Labute approximate surface area is 202 Å². The van der Waals surface area contributed by atoms with Crippen LogP contribution in [0, 0.1) is 17.3 Å². The lowest BCUT2D eigenvalue weighted by Gasteiger charge is -2.46. The van der Waals surface area contributed by atoms with Crippen LogP contribution in [-0.4, -0.2) is 73.1 Å². The fraction of sp³-hybridized carbons (Fsp3) is 0.680. The summed E-state index contributed by atoms with van der Waals surface area (Å²) in [6.07, 6.45) is 3.37. The van der Waals surface area contributed by atoms with Gasteiger partial charge in [0.15, 0.2) is 5.72 Å². The third kappa shape index (κ3) is 3.59. The third-order valence-electron chi connectivity index (χ3n) is 8.69. The molecule has 4 aliphatic heterocycles. The van der Waals surface area contributed by atoms with Gasteiger partial charge >= 0.3 is 6.18 Å². The van der Waals surface area contributed by atoms with Crippen LogP contribution in [0.25, 0.3) is 0 Å². The summed E-state index contributed by atoms with van der Waals surface area (Å²) in [6.45, 7) is 5.34. The normalized spacial score (nSPS) is 38.9. The predicted octanol–water partition coefficient (Wildman–Crippen LogP) is 2.82. The van der Waals surface area contributed by atoms with Crippen molar-refractivity contribution in [3.63, 3.8) is 0 Å². The number of pyridine rings is 1. The molecule has 0 aromatic carbocycles. The molecule has 1 aromatic rings. The molecule has 5 heterocycles. The molecule has 4 unspecified atom stereocenters. The fourth-order valence-corrected chi connectivity index (χ4v) is 6.97. The van der Waals surface area contributed by atoms with Gasteiger partial charge < -0.3 is 24.6 Å². The quantitative estimate of drug-likeness (QED) is 0.655. The number of carbonyl (C=O) groups excluding carboxylic acids is 1. The van der Waals surface area contributed by atoms with E-state index in [1.165, 1.54) is 6.20 Å². The van der Waals surface area contributed by atoms with Crippen molar-refractivity contribution in [3.05, 3.63) is 36.0 Å². The Morgan fingerprint density at radius 2 is 2.09 bits per heavy atom. The Bertz CT molecular complexity index is 1040. The lowest BCUT2D eigenvalue weighted by atomic mass is 9.72. The van der Waals surface area contributed by atoms with Crippen LogP contribution in [0.2, 0.25) is 0 Å². The highest BCUT2D eigenvalue weighted by atomic mass is 19.4. The maximum absolute atomic E-state index is 13.9. The third-order valence-corrected chi connectivity index (χ3v) is 8.69. The number of rotatable bonds is 3. The molecule has 1 aliphatic carbocycles. The second kappa shape index (κ2) is 8.18. The van der Waals surface area contributed by atoms with Gasteiger partial charge in [-0.05, 0) is 37.3 Å². The molecule has 6 atom stereocenters. The number of halogens is 3. The number of hydrogen-bond donors (Lipinski definition) is 1. The SMILES string of the molecule is CC1COCCC1N[C@@H]1C=C[C@@]2(C1)C(=O)N1CCN(c3cc(C(F)(F)F)ccn3)CC13OCCC32. The molecule has 190 valence electrons. The van der Waals surface area contributed by atoms with Gasteiger partial charge in [-0.15, -0.1) is 0 Å². The molecule has 7 nitrogen and oxygen atoms in total. The summed E-state index contributed by atoms with van der Waals surface area (Å²) in [7, 11) is 0. The van der Waals surface area contributed by atoms with Crippen LogP contribution in [0.3, 0.4) is 0 Å². The van der Waals surface area contributed by atoms with Crippen LogP contribution in [0.15, 0.2) is 30.5 Å². The van der Waals surface area contributed by atoms with Crippen molar-refractivity contribution in [2.24, 2.45) is 17.3 Å². The van der Waals surface area contributed by atoms with Gasteiger partial charge in [0.05, 0.1) is 30.7 Å². The number of piperazine rings is 1. The van der Waals surface area contributed by atoms with Crippen LogP contribution in [0.1, 0.15) is 31.7 Å². The summed E-state index contributed by atoms with van der Waals surface area (Å²) in [5.74, 6) is 0.714. The summed E-state index contributed by atoms with van der Waals surface area (Å²) in [5.41, 5.74) is -2.20. The van der Waals surface area contributed by atoms with Gasteiger partial charge in [-0.2, -0.15) is 13.2 Å². The predicted molar refractivity (Wildman–Crippen MR) is 121 cm³/mol. The van der Waals surface area contributed by atoms with Crippen LogP contribution < -0.4 is 10.2 Å². The summed E-state index contributed by atoms with van der Waals surface area (Å²) in [5, 5.41) is 3.75. The van der Waals surface area contributed by atoms with Gasteiger partial charge in [0.2, 0.25) is 5.91 Å².